The van der Waals surface area contributed by atoms with E-state index in [0.29, 0.717) is 23.7 Å². The average molecular weight is 390 g/mol. The lowest BCUT2D eigenvalue weighted by molar-refractivity contribution is -0.124. The molecule has 0 bridgehead atoms. The molecule has 2 amide bonds. The first kappa shape index (κ1) is 20.2. The van der Waals surface area contributed by atoms with Crippen LogP contribution in [0.1, 0.15) is 43.0 Å². The Hall–Kier alpha value is -1.53. The molecule has 2 fully saturated rings. The molecule has 27 heavy (non-hydrogen) atoms. The molecule has 6 heteroatoms. The van der Waals surface area contributed by atoms with E-state index in [-0.39, 0.29) is 17.9 Å². The molecule has 2 saturated heterocycles. The maximum absolute atomic E-state index is 12.7. The Morgan fingerprint density at radius 3 is 2.63 bits per heavy atom. The van der Waals surface area contributed by atoms with Crippen molar-refractivity contribution in [3.05, 3.63) is 35.9 Å². The van der Waals surface area contributed by atoms with E-state index in [0.717, 1.165) is 25.3 Å². The lowest BCUT2D eigenvalue weighted by Crippen LogP contribution is -2.47. The lowest BCUT2D eigenvalue weighted by atomic mass is 9.99. The number of carbonyl (C=O) groups is 2. The number of thioether (sulfide) groups is 1. The van der Waals surface area contributed by atoms with Crippen molar-refractivity contribution in [2.24, 2.45) is 5.92 Å². The van der Waals surface area contributed by atoms with Gasteiger partial charge in [0.05, 0.1) is 5.88 Å². The number of carbonyl (C=O) groups excluding carboxylic acids is 2. The zero-order valence-electron chi connectivity index (χ0n) is 16.2. The number of benzene rings is 1. The molecule has 0 aliphatic carbocycles. The van der Waals surface area contributed by atoms with Crippen LogP contribution in [0.15, 0.2) is 30.3 Å². The highest BCUT2D eigenvalue weighted by Gasteiger charge is 2.34. The maximum Gasteiger partial charge on any atom is 0.255 e. The number of piperidine rings is 1. The predicted molar refractivity (Wildman–Crippen MR) is 111 cm³/mol. The molecule has 0 aromatic heterocycles. The summed E-state index contributed by atoms with van der Waals surface area (Å²) in [6.07, 6.45) is 4.72. The molecule has 1 atom stereocenters. The molecule has 1 aromatic carbocycles. The highest BCUT2D eigenvalue weighted by atomic mass is 32.2. The van der Waals surface area contributed by atoms with Crippen LogP contribution in [-0.4, -0.2) is 65.5 Å². The van der Waals surface area contributed by atoms with Gasteiger partial charge in [-0.2, -0.15) is 0 Å². The molecule has 5 nitrogen and oxygen atoms in total. The summed E-state index contributed by atoms with van der Waals surface area (Å²) in [6.45, 7) is 6.57. The Kier molecular flexibility index (Phi) is 7.59. The summed E-state index contributed by atoms with van der Waals surface area (Å²) >= 11 is 1.64. The van der Waals surface area contributed by atoms with E-state index in [1.807, 2.05) is 30.3 Å². The molecule has 2 heterocycles. The third-order valence-corrected chi connectivity index (χ3v) is 6.56. The molecule has 1 unspecified atom stereocenters. The van der Waals surface area contributed by atoms with Crippen LogP contribution in [0.25, 0.3) is 0 Å². The van der Waals surface area contributed by atoms with Crippen molar-refractivity contribution in [2.75, 3.05) is 37.8 Å². The first-order valence-corrected chi connectivity index (χ1v) is 11.2. The van der Waals surface area contributed by atoms with Gasteiger partial charge in [-0.05, 0) is 63.4 Å². The molecule has 1 aromatic rings. The molecule has 2 aliphatic rings. The number of hydrogen-bond acceptors (Lipinski definition) is 4. The summed E-state index contributed by atoms with van der Waals surface area (Å²) in [7, 11) is 0. The second-order valence-corrected chi connectivity index (χ2v) is 8.68. The fraction of sp³-hybridized carbons (Fsp3) is 0.619. The van der Waals surface area contributed by atoms with Crippen molar-refractivity contribution in [3.8, 4) is 0 Å². The van der Waals surface area contributed by atoms with E-state index in [4.69, 9.17) is 0 Å². The van der Waals surface area contributed by atoms with Gasteiger partial charge >= 0.3 is 0 Å². The van der Waals surface area contributed by atoms with Gasteiger partial charge in [0, 0.05) is 17.9 Å². The van der Waals surface area contributed by atoms with Crippen LogP contribution >= 0.6 is 11.8 Å². The smallest absolute Gasteiger partial charge is 0.255 e. The summed E-state index contributed by atoms with van der Waals surface area (Å²) in [5, 5.41) is 3.04. The molecule has 0 saturated carbocycles. The van der Waals surface area contributed by atoms with Crippen LogP contribution in [0.2, 0.25) is 0 Å². The van der Waals surface area contributed by atoms with Crippen LogP contribution in [0, 0.1) is 5.92 Å². The van der Waals surface area contributed by atoms with Crippen molar-refractivity contribution < 1.29 is 9.59 Å². The lowest BCUT2D eigenvalue weighted by Gasteiger charge is -2.30. The van der Waals surface area contributed by atoms with E-state index in [1.54, 1.807) is 16.7 Å². The number of nitrogens with one attached hydrogen (secondary N) is 1. The van der Waals surface area contributed by atoms with Crippen molar-refractivity contribution >= 4 is 23.6 Å². The van der Waals surface area contributed by atoms with Gasteiger partial charge in [-0.25, -0.2) is 0 Å². The number of likely N-dealkylation sites (tertiary alicyclic amines) is 1. The Morgan fingerprint density at radius 1 is 1.15 bits per heavy atom. The van der Waals surface area contributed by atoms with Crippen molar-refractivity contribution in [3.63, 3.8) is 0 Å². The first-order chi connectivity index (χ1) is 13.1. The largest absolute Gasteiger partial charge is 0.354 e. The molecular formula is C21H31N3O2S. The Balaban J connectivity index is 1.38. The van der Waals surface area contributed by atoms with Crippen LogP contribution in [0.5, 0.6) is 0 Å². The number of unbranched alkanes of at least 4 members (excludes halogenated alkanes) is 1. The molecule has 2 aliphatic heterocycles. The zero-order valence-corrected chi connectivity index (χ0v) is 17.0. The molecule has 148 valence electrons. The fourth-order valence-electron chi connectivity index (χ4n) is 3.68. The van der Waals surface area contributed by atoms with E-state index < -0.39 is 0 Å². The van der Waals surface area contributed by atoms with Crippen LogP contribution in [0.3, 0.4) is 0 Å². The molecule has 0 radical (unpaired) electrons. The summed E-state index contributed by atoms with van der Waals surface area (Å²) in [6, 6.07) is 8.86. The van der Waals surface area contributed by atoms with Gasteiger partial charge in [-0.3, -0.25) is 9.59 Å². The minimum atomic E-state index is -0.355. The zero-order chi connectivity index (χ0) is 19.1. The van der Waals surface area contributed by atoms with Gasteiger partial charge in [-0.15, -0.1) is 11.8 Å². The first-order valence-electron chi connectivity index (χ1n) is 10.1. The number of amides is 2. The normalized spacial score (nSPS) is 21.4. The molecular weight excluding hydrogens is 358 g/mol. The SMILES string of the molecule is CC1CCN(CCCCNC(=O)C2CSCN2C(=O)c2ccccc2)CC1. The molecule has 0 spiro atoms. The van der Waals surface area contributed by atoms with Gasteiger partial charge in [-0.1, -0.05) is 25.1 Å². The van der Waals surface area contributed by atoms with Crippen LogP contribution in [0.4, 0.5) is 0 Å². The van der Waals surface area contributed by atoms with Gasteiger partial charge in [0.1, 0.15) is 6.04 Å². The summed E-state index contributed by atoms with van der Waals surface area (Å²) in [5.74, 6) is 2.05. The van der Waals surface area contributed by atoms with E-state index >= 15 is 0 Å². The minimum Gasteiger partial charge on any atom is -0.354 e. The second kappa shape index (κ2) is 10.1. The van der Waals surface area contributed by atoms with Gasteiger partial charge in [0.15, 0.2) is 0 Å². The number of rotatable bonds is 7. The predicted octanol–water partition coefficient (Wildman–Crippen LogP) is 2.83. The van der Waals surface area contributed by atoms with Gasteiger partial charge in [0.2, 0.25) is 5.91 Å². The van der Waals surface area contributed by atoms with Crippen molar-refractivity contribution in [1.29, 1.82) is 0 Å². The Bertz CT molecular complexity index is 617. The summed E-state index contributed by atoms with van der Waals surface area (Å²) in [4.78, 5) is 29.5. The molecule has 3 rings (SSSR count). The van der Waals surface area contributed by atoms with Gasteiger partial charge in [0.25, 0.3) is 5.91 Å². The topological polar surface area (TPSA) is 52.7 Å². The third-order valence-electron chi connectivity index (χ3n) is 5.54. The van der Waals surface area contributed by atoms with Crippen molar-refractivity contribution in [2.45, 2.75) is 38.6 Å². The highest BCUT2D eigenvalue weighted by molar-refractivity contribution is 7.99. The summed E-state index contributed by atoms with van der Waals surface area (Å²) < 4.78 is 0. The highest BCUT2D eigenvalue weighted by Crippen LogP contribution is 2.23. The third kappa shape index (κ3) is 5.72. The van der Waals surface area contributed by atoms with Crippen molar-refractivity contribution in [1.82, 2.24) is 15.1 Å². The fourth-order valence-corrected chi connectivity index (χ4v) is 4.84. The number of nitrogens with zero attached hydrogens (tertiary/aromatic N) is 2. The van der Waals surface area contributed by atoms with E-state index in [9.17, 15) is 9.59 Å². The average Bonchev–Trinajstić information content (AvgIpc) is 3.19. The maximum atomic E-state index is 12.7. The quantitative estimate of drug-likeness (QED) is 0.729. The number of hydrogen-bond donors (Lipinski definition) is 1. The standard InChI is InChI=1S/C21H31N3O2S/c1-17-9-13-23(14-10-17)12-6-5-11-22-20(25)19-15-27-16-24(19)21(26)18-7-3-2-4-8-18/h2-4,7-8,17,19H,5-6,9-16H2,1H3,(H,22,25). The van der Waals surface area contributed by atoms with Crippen LogP contribution in [-0.2, 0) is 4.79 Å². The second-order valence-electron chi connectivity index (χ2n) is 7.68. The monoisotopic (exact) mass is 389 g/mol. The molecule has 1 N–H and O–H groups in total. The summed E-state index contributed by atoms with van der Waals surface area (Å²) in [5.41, 5.74) is 0.647. The Morgan fingerprint density at radius 2 is 1.89 bits per heavy atom. The van der Waals surface area contributed by atoms with Crippen LogP contribution < -0.4 is 5.32 Å². The minimum absolute atomic E-state index is 0.0175. The van der Waals surface area contributed by atoms with E-state index in [1.165, 1.54) is 25.9 Å². The van der Waals surface area contributed by atoms with E-state index in [2.05, 4.69) is 17.1 Å². The van der Waals surface area contributed by atoms with Gasteiger partial charge < -0.3 is 15.1 Å². The Labute approximate surface area is 166 Å².